The van der Waals surface area contributed by atoms with E-state index in [9.17, 15) is 4.39 Å². The van der Waals surface area contributed by atoms with E-state index in [0.29, 0.717) is 22.1 Å². The van der Waals surface area contributed by atoms with Crippen molar-refractivity contribution in [2.24, 2.45) is 0 Å². The Kier molecular flexibility index (Phi) is 4.49. The second-order valence-electron chi connectivity index (χ2n) is 3.61. The zero-order valence-corrected chi connectivity index (χ0v) is 12.2. The Morgan fingerprint density at radius 3 is 2.67 bits per heavy atom. The largest absolute Gasteiger partial charge is 0.456 e. The van der Waals surface area contributed by atoms with Gasteiger partial charge in [0.2, 0.25) is 0 Å². The van der Waals surface area contributed by atoms with Gasteiger partial charge in [-0.25, -0.2) is 4.39 Å². The lowest BCUT2D eigenvalue weighted by Gasteiger charge is -2.09. The van der Waals surface area contributed by atoms with Crippen LogP contribution < -0.4 is 4.74 Å². The van der Waals surface area contributed by atoms with Crippen LogP contribution in [0.4, 0.5) is 4.39 Å². The van der Waals surface area contributed by atoms with Crippen LogP contribution in [0.5, 0.6) is 11.5 Å². The molecule has 2 aromatic rings. The molecule has 0 aliphatic carbocycles. The van der Waals surface area contributed by atoms with Crippen molar-refractivity contribution in [2.45, 2.75) is 5.88 Å². The Bertz CT molecular complexity index is 575. The maximum Gasteiger partial charge on any atom is 0.147 e. The van der Waals surface area contributed by atoms with E-state index < -0.39 is 5.82 Å². The van der Waals surface area contributed by atoms with Crippen LogP contribution in [0.25, 0.3) is 0 Å². The highest BCUT2D eigenvalue weighted by Crippen LogP contribution is 2.32. The third kappa shape index (κ3) is 3.37. The summed E-state index contributed by atoms with van der Waals surface area (Å²) in [5.41, 5.74) is 0.651. The Hall–Kier alpha value is -0.770. The third-order valence-corrected chi connectivity index (χ3v) is 3.32. The van der Waals surface area contributed by atoms with E-state index in [1.165, 1.54) is 12.1 Å². The molecule has 0 aliphatic rings. The molecule has 0 radical (unpaired) electrons. The van der Waals surface area contributed by atoms with Crippen LogP contribution >= 0.6 is 39.1 Å². The van der Waals surface area contributed by atoms with Crippen LogP contribution in [0.1, 0.15) is 5.56 Å². The van der Waals surface area contributed by atoms with E-state index in [-0.39, 0.29) is 5.88 Å². The smallest absolute Gasteiger partial charge is 0.147 e. The number of hydrogen-bond donors (Lipinski definition) is 0. The van der Waals surface area contributed by atoms with Gasteiger partial charge in [0.15, 0.2) is 0 Å². The lowest BCUT2D eigenvalue weighted by Crippen LogP contribution is -1.89. The highest BCUT2D eigenvalue weighted by molar-refractivity contribution is 9.10. The summed E-state index contributed by atoms with van der Waals surface area (Å²) in [7, 11) is 0. The van der Waals surface area contributed by atoms with Gasteiger partial charge in [-0.15, -0.1) is 11.6 Å². The van der Waals surface area contributed by atoms with Gasteiger partial charge in [-0.1, -0.05) is 27.5 Å². The van der Waals surface area contributed by atoms with Gasteiger partial charge < -0.3 is 4.74 Å². The third-order valence-electron chi connectivity index (χ3n) is 2.21. The van der Waals surface area contributed by atoms with Gasteiger partial charge >= 0.3 is 0 Å². The zero-order chi connectivity index (χ0) is 13.1. The zero-order valence-electron chi connectivity index (χ0n) is 9.09. The quantitative estimate of drug-likeness (QED) is 0.639. The second-order valence-corrected chi connectivity index (χ2v) is 5.20. The molecule has 0 heterocycles. The molecule has 2 rings (SSSR count). The van der Waals surface area contributed by atoms with Gasteiger partial charge in [-0.05, 0) is 35.9 Å². The van der Waals surface area contributed by atoms with Gasteiger partial charge in [-0.3, -0.25) is 0 Å². The summed E-state index contributed by atoms with van der Waals surface area (Å²) in [6, 6.07) is 9.53. The molecule has 0 saturated carbocycles. The summed E-state index contributed by atoms with van der Waals surface area (Å²) in [6.45, 7) is 0. The maximum absolute atomic E-state index is 13.3. The standard InChI is InChI=1S/C13H8BrCl2FO/c14-9-1-2-12(16)13(5-9)18-11-4-8(7-15)3-10(17)6-11/h1-6H,7H2. The lowest BCUT2D eigenvalue weighted by atomic mass is 10.2. The maximum atomic E-state index is 13.3. The summed E-state index contributed by atoms with van der Waals surface area (Å²) in [4.78, 5) is 0. The first-order valence-electron chi connectivity index (χ1n) is 5.07. The van der Waals surface area contributed by atoms with Gasteiger partial charge in [0.05, 0.1) is 5.02 Å². The van der Waals surface area contributed by atoms with E-state index >= 15 is 0 Å². The summed E-state index contributed by atoms with van der Waals surface area (Å²) >= 11 is 15.0. The van der Waals surface area contributed by atoms with E-state index in [1.54, 1.807) is 24.3 Å². The van der Waals surface area contributed by atoms with Crippen LogP contribution in [0.3, 0.4) is 0 Å². The molecule has 5 heteroatoms. The van der Waals surface area contributed by atoms with Crippen molar-refractivity contribution < 1.29 is 9.13 Å². The molecule has 18 heavy (non-hydrogen) atoms. The van der Waals surface area contributed by atoms with Crippen molar-refractivity contribution >= 4 is 39.1 Å². The van der Waals surface area contributed by atoms with Crippen molar-refractivity contribution in [2.75, 3.05) is 0 Å². The molecule has 0 atom stereocenters. The number of hydrogen-bond acceptors (Lipinski definition) is 1. The molecule has 0 aromatic heterocycles. The Morgan fingerprint density at radius 1 is 1.17 bits per heavy atom. The van der Waals surface area contributed by atoms with E-state index in [2.05, 4.69) is 15.9 Å². The number of ether oxygens (including phenoxy) is 1. The predicted octanol–water partition coefficient (Wildman–Crippen LogP) is 5.77. The number of rotatable bonds is 3. The molecule has 0 bridgehead atoms. The summed E-state index contributed by atoms with van der Waals surface area (Å²) < 4.78 is 19.7. The van der Waals surface area contributed by atoms with Crippen LogP contribution in [-0.4, -0.2) is 0 Å². The molecule has 94 valence electrons. The van der Waals surface area contributed by atoms with Crippen LogP contribution in [-0.2, 0) is 5.88 Å². The fraction of sp³-hybridized carbons (Fsp3) is 0.0769. The predicted molar refractivity (Wildman–Crippen MR) is 75.2 cm³/mol. The monoisotopic (exact) mass is 348 g/mol. The summed E-state index contributed by atoms with van der Waals surface area (Å²) in [6.07, 6.45) is 0. The molecule has 0 fully saturated rings. The molecular formula is C13H8BrCl2FO. The van der Waals surface area contributed by atoms with Crippen molar-refractivity contribution in [3.63, 3.8) is 0 Å². The molecule has 0 N–H and O–H groups in total. The van der Waals surface area contributed by atoms with Crippen molar-refractivity contribution in [1.29, 1.82) is 0 Å². The summed E-state index contributed by atoms with van der Waals surface area (Å²) in [5, 5.41) is 0.454. The molecule has 0 aliphatic heterocycles. The van der Waals surface area contributed by atoms with Crippen molar-refractivity contribution in [1.82, 2.24) is 0 Å². The topological polar surface area (TPSA) is 9.23 Å². The first kappa shape index (κ1) is 13.7. The highest BCUT2D eigenvalue weighted by Gasteiger charge is 2.06. The molecule has 1 nitrogen and oxygen atoms in total. The van der Waals surface area contributed by atoms with Gasteiger partial charge in [0.25, 0.3) is 0 Å². The minimum atomic E-state index is -0.394. The first-order valence-corrected chi connectivity index (χ1v) is 6.77. The minimum absolute atomic E-state index is 0.223. The van der Waals surface area contributed by atoms with E-state index in [4.69, 9.17) is 27.9 Å². The summed E-state index contributed by atoms with van der Waals surface area (Å²) in [5.74, 6) is 0.650. The molecule has 0 amide bonds. The molecule has 0 unspecified atom stereocenters. The normalized spacial score (nSPS) is 10.4. The molecular weight excluding hydrogens is 342 g/mol. The highest BCUT2D eigenvalue weighted by atomic mass is 79.9. The molecule has 0 spiro atoms. The minimum Gasteiger partial charge on any atom is -0.456 e. The van der Waals surface area contributed by atoms with E-state index in [1.807, 2.05) is 0 Å². The Labute approximate surface area is 123 Å². The SMILES string of the molecule is Fc1cc(CCl)cc(Oc2cc(Br)ccc2Cl)c1. The number of benzene rings is 2. The van der Waals surface area contributed by atoms with Gasteiger partial charge in [-0.2, -0.15) is 0 Å². The average molecular weight is 350 g/mol. The molecule has 0 saturated heterocycles. The Morgan fingerprint density at radius 2 is 1.94 bits per heavy atom. The lowest BCUT2D eigenvalue weighted by molar-refractivity contribution is 0.476. The van der Waals surface area contributed by atoms with Crippen LogP contribution in [0.2, 0.25) is 5.02 Å². The van der Waals surface area contributed by atoms with E-state index in [0.717, 1.165) is 4.47 Å². The number of alkyl halides is 1. The van der Waals surface area contributed by atoms with Crippen LogP contribution in [0, 0.1) is 5.82 Å². The Balaban J connectivity index is 2.33. The van der Waals surface area contributed by atoms with Crippen molar-refractivity contribution in [3.05, 3.63) is 57.3 Å². The van der Waals surface area contributed by atoms with Gasteiger partial charge in [0.1, 0.15) is 17.3 Å². The second kappa shape index (κ2) is 5.91. The fourth-order valence-electron chi connectivity index (χ4n) is 1.44. The fourth-order valence-corrected chi connectivity index (χ4v) is 2.09. The first-order chi connectivity index (χ1) is 8.58. The van der Waals surface area contributed by atoms with Crippen LogP contribution in [0.15, 0.2) is 40.9 Å². The number of halogens is 4. The van der Waals surface area contributed by atoms with Crippen molar-refractivity contribution in [3.8, 4) is 11.5 Å². The average Bonchev–Trinajstić information content (AvgIpc) is 2.33. The van der Waals surface area contributed by atoms with Gasteiger partial charge in [0, 0.05) is 16.4 Å². The molecule has 2 aromatic carbocycles.